The molecule has 0 aliphatic heterocycles. The maximum Gasteiger partial charge on any atom is 0.214 e. The maximum absolute atomic E-state index is 13.0. The molecular weight excluding hydrogens is 348 g/mol. The van der Waals surface area contributed by atoms with Crippen LogP contribution in [0.3, 0.4) is 0 Å². The summed E-state index contributed by atoms with van der Waals surface area (Å²) in [7, 11) is 0. The number of allylic oxidation sites excluding steroid dienone is 12. The largest absolute Gasteiger partial charge is 0.289 e. The van der Waals surface area contributed by atoms with Crippen LogP contribution in [0.15, 0.2) is 69.9 Å². The predicted octanol–water partition coefficient (Wildman–Crippen LogP) is 4.85. The van der Waals surface area contributed by atoms with E-state index in [1.165, 1.54) is 12.2 Å². The molecule has 0 unspecified atom stereocenters. The summed E-state index contributed by atoms with van der Waals surface area (Å²) in [6.07, 6.45) is 10.3. The van der Waals surface area contributed by atoms with Crippen molar-refractivity contribution in [3.8, 4) is 12.1 Å². The van der Waals surface area contributed by atoms with Gasteiger partial charge in [-0.2, -0.15) is 10.5 Å². The number of hydrogen-bond acceptors (Lipinski definition) is 4. The first-order valence-electron chi connectivity index (χ1n) is 9.08. The van der Waals surface area contributed by atoms with Gasteiger partial charge in [0.2, 0.25) is 5.78 Å². The van der Waals surface area contributed by atoms with E-state index in [1.54, 1.807) is 6.08 Å². The summed E-state index contributed by atoms with van der Waals surface area (Å²) in [5.41, 5.74) is 2.22. The fraction of sp³-hybridized carbons (Fsp3) is 0.333. The number of rotatable bonds is 1. The van der Waals surface area contributed by atoms with Crippen LogP contribution in [0.4, 0.5) is 0 Å². The summed E-state index contributed by atoms with van der Waals surface area (Å²) < 4.78 is 0. The average Bonchev–Trinajstić information content (AvgIpc) is 2.59. The van der Waals surface area contributed by atoms with Gasteiger partial charge in [0.05, 0.1) is 0 Å². The Morgan fingerprint density at radius 3 is 1.36 bits per heavy atom. The molecule has 0 aromatic rings. The third kappa shape index (κ3) is 4.35. The number of Topliss-reactive ketones (excluding diaryl/α,β-unsaturated/α-hetero) is 2. The van der Waals surface area contributed by atoms with Crippen molar-refractivity contribution in [2.45, 2.75) is 41.5 Å². The second-order valence-electron chi connectivity index (χ2n) is 8.95. The Balaban J connectivity index is 2.58. The Bertz CT molecular complexity index is 940. The summed E-state index contributed by atoms with van der Waals surface area (Å²) in [6.45, 7) is 12.1. The van der Waals surface area contributed by atoms with Crippen molar-refractivity contribution in [3.63, 3.8) is 0 Å². The molecule has 0 bridgehead atoms. The van der Waals surface area contributed by atoms with E-state index in [1.807, 2.05) is 71.9 Å². The molecule has 28 heavy (non-hydrogen) atoms. The Hall–Kier alpha value is -3.24. The molecule has 4 nitrogen and oxygen atoms in total. The molecule has 0 heterocycles. The zero-order valence-corrected chi connectivity index (χ0v) is 17.2. The lowest BCUT2D eigenvalue weighted by atomic mass is 9.72. The van der Waals surface area contributed by atoms with Gasteiger partial charge in [0.25, 0.3) is 0 Å². The lowest BCUT2D eigenvalue weighted by molar-refractivity contribution is -0.114. The summed E-state index contributed by atoms with van der Waals surface area (Å²) in [5, 5.41) is 18.2. The highest BCUT2D eigenvalue weighted by molar-refractivity contribution is 6.15. The number of hydrogen-bond donors (Lipinski definition) is 0. The van der Waals surface area contributed by atoms with Crippen LogP contribution in [0.1, 0.15) is 41.5 Å². The smallest absolute Gasteiger partial charge is 0.214 e. The molecule has 0 aromatic heterocycles. The molecule has 2 rings (SSSR count). The highest BCUT2D eigenvalue weighted by Crippen LogP contribution is 2.38. The van der Waals surface area contributed by atoms with Gasteiger partial charge in [0.15, 0.2) is 5.78 Å². The van der Waals surface area contributed by atoms with Crippen LogP contribution in [-0.4, -0.2) is 11.6 Å². The third-order valence-corrected chi connectivity index (χ3v) is 4.55. The average molecular weight is 372 g/mol. The van der Waals surface area contributed by atoms with Crippen LogP contribution in [0.25, 0.3) is 0 Å². The van der Waals surface area contributed by atoms with E-state index < -0.39 is 5.78 Å². The fourth-order valence-corrected chi connectivity index (χ4v) is 2.97. The van der Waals surface area contributed by atoms with E-state index in [-0.39, 0.29) is 27.8 Å². The molecule has 0 saturated carbocycles. The van der Waals surface area contributed by atoms with E-state index in [0.717, 1.165) is 16.7 Å². The first-order valence-corrected chi connectivity index (χ1v) is 9.08. The van der Waals surface area contributed by atoms with Crippen molar-refractivity contribution >= 4 is 11.6 Å². The molecule has 0 fully saturated rings. The lowest BCUT2D eigenvalue weighted by Gasteiger charge is -2.31. The Morgan fingerprint density at radius 2 is 1.04 bits per heavy atom. The predicted molar refractivity (Wildman–Crippen MR) is 109 cm³/mol. The van der Waals surface area contributed by atoms with Gasteiger partial charge in [-0.15, -0.1) is 0 Å². The quantitative estimate of drug-likeness (QED) is 0.659. The molecule has 4 heteroatoms. The number of nitriles is 2. The molecule has 0 N–H and O–H groups in total. The normalized spacial score (nSPS) is 17.7. The van der Waals surface area contributed by atoms with Gasteiger partial charge in [0, 0.05) is 11.1 Å². The minimum Gasteiger partial charge on any atom is -0.289 e. The number of ketones is 2. The second kappa shape index (κ2) is 7.41. The molecule has 2 aliphatic carbocycles. The Kier molecular flexibility index (Phi) is 5.57. The van der Waals surface area contributed by atoms with Gasteiger partial charge >= 0.3 is 0 Å². The van der Waals surface area contributed by atoms with E-state index >= 15 is 0 Å². The maximum atomic E-state index is 13.0. The second-order valence-corrected chi connectivity index (χ2v) is 8.95. The first kappa shape index (κ1) is 21.1. The molecule has 0 radical (unpaired) electrons. The standard InChI is InChI=1S/C24H24N2O2/c1-23(2,3)19-11-16(12-20(22(19)28)24(4,5)6)8-7-15-9-17(13-25)21(27)18(10-15)14-26/h7-12H,1-6H3. The van der Waals surface area contributed by atoms with Gasteiger partial charge in [-0.1, -0.05) is 53.7 Å². The monoisotopic (exact) mass is 372 g/mol. The van der Waals surface area contributed by atoms with Crippen molar-refractivity contribution < 1.29 is 9.59 Å². The van der Waals surface area contributed by atoms with Crippen LogP contribution in [0.2, 0.25) is 0 Å². The molecule has 0 atom stereocenters. The van der Waals surface area contributed by atoms with E-state index in [4.69, 9.17) is 10.5 Å². The molecule has 0 saturated heterocycles. The van der Waals surface area contributed by atoms with E-state index in [0.29, 0.717) is 5.57 Å². The summed E-state index contributed by atoms with van der Waals surface area (Å²) in [5.74, 6) is -0.491. The van der Waals surface area contributed by atoms with Gasteiger partial charge < -0.3 is 0 Å². The molecule has 0 spiro atoms. The number of nitrogens with zero attached hydrogens (tertiary/aromatic N) is 2. The van der Waals surface area contributed by atoms with Crippen molar-refractivity contribution in [2.75, 3.05) is 0 Å². The van der Waals surface area contributed by atoms with Crippen LogP contribution in [-0.2, 0) is 9.59 Å². The van der Waals surface area contributed by atoms with Crippen LogP contribution < -0.4 is 0 Å². The van der Waals surface area contributed by atoms with Gasteiger partial charge in [-0.3, -0.25) is 9.59 Å². The molecule has 142 valence electrons. The minimum absolute atomic E-state index is 0.0561. The number of carbonyl (C=O) groups excluding carboxylic acids is 2. The van der Waals surface area contributed by atoms with Gasteiger partial charge in [-0.25, -0.2) is 0 Å². The highest BCUT2D eigenvalue weighted by atomic mass is 16.1. The van der Waals surface area contributed by atoms with Crippen LogP contribution in [0, 0.1) is 33.5 Å². The third-order valence-electron chi connectivity index (χ3n) is 4.55. The van der Waals surface area contributed by atoms with E-state index in [9.17, 15) is 9.59 Å². The zero-order valence-electron chi connectivity index (χ0n) is 17.2. The highest BCUT2D eigenvalue weighted by Gasteiger charge is 2.33. The van der Waals surface area contributed by atoms with E-state index in [2.05, 4.69) is 0 Å². The first-order chi connectivity index (χ1) is 12.9. The van der Waals surface area contributed by atoms with Crippen LogP contribution >= 0.6 is 0 Å². The molecule has 0 amide bonds. The minimum atomic E-state index is -0.553. The van der Waals surface area contributed by atoms with Gasteiger partial charge in [0.1, 0.15) is 23.3 Å². The molecular formula is C24H24N2O2. The van der Waals surface area contributed by atoms with Crippen molar-refractivity contribution in [1.29, 1.82) is 10.5 Å². The number of carbonyl (C=O) groups is 2. The van der Waals surface area contributed by atoms with Gasteiger partial charge in [-0.05, 0) is 46.3 Å². The Morgan fingerprint density at radius 1 is 0.679 bits per heavy atom. The summed E-state index contributed by atoms with van der Waals surface area (Å²) in [6, 6.07) is 3.67. The Labute approximate surface area is 166 Å². The fourth-order valence-electron chi connectivity index (χ4n) is 2.97. The lowest BCUT2D eigenvalue weighted by Crippen LogP contribution is -2.27. The summed E-state index contributed by atoms with van der Waals surface area (Å²) in [4.78, 5) is 24.9. The molecule has 0 aromatic carbocycles. The van der Waals surface area contributed by atoms with Crippen molar-refractivity contribution in [2.24, 2.45) is 10.8 Å². The SMILES string of the molecule is CC(C)(C)C1=CC(=CC=C2C=C(C#N)C(=O)C(C#N)=C2)C=C(C(C)(C)C)C1=O. The zero-order chi connectivity index (χ0) is 21.3. The van der Waals surface area contributed by atoms with Crippen molar-refractivity contribution in [3.05, 3.63) is 69.9 Å². The summed E-state index contributed by atoms with van der Waals surface area (Å²) >= 11 is 0. The van der Waals surface area contributed by atoms with Crippen LogP contribution in [0.5, 0.6) is 0 Å². The van der Waals surface area contributed by atoms with Crippen molar-refractivity contribution in [1.82, 2.24) is 0 Å². The topological polar surface area (TPSA) is 81.7 Å². The molecule has 2 aliphatic rings.